The van der Waals surface area contributed by atoms with E-state index in [2.05, 4.69) is 24.1 Å². The summed E-state index contributed by atoms with van der Waals surface area (Å²) in [4.78, 5) is 4.40. The van der Waals surface area contributed by atoms with Crippen molar-refractivity contribution in [2.45, 2.75) is 19.9 Å². The molecular formula is C15H17ClN2O. The number of halogens is 1. The number of pyridine rings is 1. The van der Waals surface area contributed by atoms with Crippen LogP contribution < -0.4 is 10.1 Å². The standard InChI is InChI=1S/C15H17ClN2O/c1-3-17-11(2)15-8-7-14(10-18-15)19-13-6-4-5-12(16)9-13/h4-11,17H,3H2,1-2H3. The van der Waals surface area contributed by atoms with E-state index in [1.807, 2.05) is 30.3 Å². The first-order chi connectivity index (χ1) is 9.19. The van der Waals surface area contributed by atoms with Crippen LogP contribution in [0.15, 0.2) is 42.6 Å². The summed E-state index contributed by atoms with van der Waals surface area (Å²) in [6.45, 7) is 5.08. The van der Waals surface area contributed by atoms with Crippen molar-refractivity contribution in [2.24, 2.45) is 0 Å². The van der Waals surface area contributed by atoms with Crippen LogP contribution in [-0.2, 0) is 0 Å². The summed E-state index contributed by atoms with van der Waals surface area (Å²) in [5.41, 5.74) is 1.00. The lowest BCUT2D eigenvalue weighted by molar-refractivity contribution is 0.478. The van der Waals surface area contributed by atoms with Crippen LogP contribution in [0.4, 0.5) is 0 Å². The molecule has 0 amide bonds. The van der Waals surface area contributed by atoms with E-state index in [4.69, 9.17) is 16.3 Å². The molecule has 4 heteroatoms. The number of aromatic nitrogens is 1. The van der Waals surface area contributed by atoms with Crippen LogP contribution in [0.25, 0.3) is 0 Å². The third kappa shape index (κ3) is 3.94. The highest BCUT2D eigenvalue weighted by Gasteiger charge is 2.05. The number of rotatable bonds is 5. The molecule has 1 unspecified atom stereocenters. The van der Waals surface area contributed by atoms with Crippen LogP contribution in [0.3, 0.4) is 0 Å². The number of benzene rings is 1. The molecule has 1 aromatic heterocycles. The van der Waals surface area contributed by atoms with Gasteiger partial charge in [-0.1, -0.05) is 24.6 Å². The van der Waals surface area contributed by atoms with E-state index in [9.17, 15) is 0 Å². The van der Waals surface area contributed by atoms with Crippen LogP contribution in [0.5, 0.6) is 11.5 Å². The van der Waals surface area contributed by atoms with Gasteiger partial charge in [-0.05, 0) is 43.8 Å². The molecule has 1 N–H and O–H groups in total. The number of hydrogen-bond acceptors (Lipinski definition) is 3. The fourth-order valence-corrected chi connectivity index (χ4v) is 1.97. The molecule has 0 aliphatic carbocycles. The van der Waals surface area contributed by atoms with Gasteiger partial charge in [-0.25, -0.2) is 0 Å². The minimum Gasteiger partial charge on any atom is -0.456 e. The lowest BCUT2D eigenvalue weighted by Gasteiger charge is -2.12. The summed E-state index contributed by atoms with van der Waals surface area (Å²) in [6, 6.07) is 11.4. The van der Waals surface area contributed by atoms with Crippen molar-refractivity contribution in [2.75, 3.05) is 6.54 Å². The van der Waals surface area contributed by atoms with Crippen LogP contribution in [-0.4, -0.2) is 11.5 Å². The first-order valence-electron chi connectivity index (χ1n) is 6.32. The number of nitrogens with one attached hydrogen (secondary N) is 1. The van der Waals surface area contributed by atoms with Crippen molar-refractivity contribution in [3.8, 4) is 11.5 Å². The van der Waals surface area contributed by atoms with Crippen LogP contribution >= 0.6 is 11.6 Å². The van der Waals surface area contributed by atoms with Crippen LogP contribution in [0.1, 0.15) is 25.6 Å². The summed E-state index contributed by atoms with van der Waals surface area (Å²) >= 11 is 5.91. The van der Waals surface area contributed by atoms with Gasteiger partial charge in [0.2, 0.25) is 0 Å². The summed E-state index contributed by atoms with van der Waals surface area (Å²) in [7, 11) is 0. The second-order valence-electron chi connectivity index (χ2n) is 4.26. The normalized spacial score (nSPS) is 12.2. The number of nitrogens with zero attached hydrogens (tertiary/aromatic N) is 1. The Morgan fingerprint density at radius 3 is 2.74 bits per heavy atom. The molecule has 3 nitrogen and oxygen atoms in total. The van der Waals surface area contributed by atoms with Gasteiger partial charge in [0.15, 0.2) is 0 Å². The maximum absolute atomic E-state index is 5.91. The van der Waals surface area contributed by atoms with E-state index in [1.54, 1.807) is 12.3 Å². The Balaban J connectivity index is 2.06. The van der Waals surface area contributed by atoms with E-state index in [0.29, 0.717) is 16.5 Å². The smallest absolute Gasteiger partial charge is 0.145 e. The molecule has 2 aromatic rings. The molecule has 0 radical (unpaired) electrons. The van der Waals surface area contributed by atoms with Crippen molar-refractivity contribution in [3.63, 3.8) is 0 Å². The average Bonchev–Trinajstić information content (AvgIpc) is 2.40. The Kier molecular flexibility index (Phi) is 4.77. The molecule has 1 heterocycles. The van der Waals surface area contributed by atoms with Crippen molar-refractivity contribution >= 4 is 11.6 Å². The zero-order chi connectivity index (χ0) is 13.7. The Labute approximate surface area is 118 Å². The molecule has 0 fully saturated rings. The zero-order valence-corrected chi connectivity index (χ0v) is 11.8. The third-order valence-corrected chi connectivity index (χ3v) is 2.98. The highest BCUT2D eigenvalue weighted by atomic mass is 35.5. The van der Waals surface area contributed by atoms with Crippen molar-refractivity contribution in [3.05, 3.63) is 53.3 Å². The van der Waals surface area contributed by atoms with E-state index in [1.165, 1.54) is 0 Å². The van der Waals surface area contributed by atoms with E-state index >= 15 is 0 Å². The molecule has 0 bridgehead atoms. The Morgan fingerprint density at radius 1 is 1.26 bits per heavy atom. The Morgan fingerprint density at radius 2 is 2.11 bits per heavy atom. The van der Waals surface area contributed by atoms with Gasteiger partial charge in [-0.3, -0.25) is 4.98 Å². The minimum absolute atomic E-state index is 0.241. The summed E-state index contributed by atoms with van der Waals surface area (Å²) in [6.07, 6.45) is 1.73. The van der Waals surface area contributed by atoms with Gasteiger partial charge in [0.25, 0.3) is 0 Å². The summed E-state index contributed by atoms with van der Waals surface area (Å²) < 4.78 is 5.69. The summed E-state index contributed by atoms with van der Waals surface area (Å²) in [5.74, 6) is 1.41. The molecule has 1 aromatic carbocycles. The van der Waals surface area contributed by atoms with Gasteiger partial charge in [0, 0.05) is 11.1 Å². The average molecular weight is 277 g/mol. The predicted octanol–water partition coefficient (Wildman–Crippen LogP) is 4.20. The highest BCUT2D eigenvalue weighted by Crippen LogP contribution is 2.24. The quantitative estimate of drug-likeness (QED) is 0.889. The second kappa shape index (κ2) is 6.55. The van der Waals surface area contributed by atoms with Crippen LogP contribution in [0, 0.1) is 0 Å². The molecule has 0 saturated heterocycles. The van der Waals surface area contributed by atoms with E-state index < -0.39 is 0 Å². The zero-order valence-electron chi connectivity index (χ0n) is 11.1. The fraction of sp³-hybridized carbons (Fsp3) is 0.267. The maximum Gasteiger partial charge on any atom is 0.145 e. The fourth-order valence-electron chi connectivity index (χ4n) is 1.79. The molecule has 0 aliphatic rings. The van der Waals surface area contributed by atoms with E-state index in [-0.39, 0.29) is 6.04 Å². The SMILES string of the molecule is CCNC(C)c1ccc(Oc2cccc(Cl)c2)cn1. The predicted molar refractivity (Wildman–Crippen MR) is 77.9 cm³/mol. The maximum atomic E-state index is 5.91. The molecule has 2 rings (SSSR count). The molecular weight excluding hydrogens is 260 g/mol. The first kappa shape index (κ1) is 13.8. The van der Waals surface area contributed by atoms with Gasteiger partial charge < -0.3 is 10.1 Å². The highest BCUT2D eigenvalue weighted by molar-refractivity contribution is 6.30. The molecule has 100 valence electrons. The van der Waals surface area contributed by atoms with Gasteiger partial charge in [-0.15, -0.1) is 0 Å². The second-order valence-corrected chi connectivity index (χ2v) is 4.69. The van der Waals surface area contributed by atoms with Gasteiger partial charge >= 0.3 is 0 Å². The summed E-state index contributed by atoms with van der Waals surface area (Å²) in [5, 5.41) is 3.97. The number of hydrogen-bond donors (Lipinski definition) is 1. The van der Waals surface area contributed by atoms with Gasteiger partial charge in [0.05, 0.1) is 11.9 Å². The van der Waals surface area contributed by atoms with Crippen molar-refractivity contribution < 1.29 is 4.74 Å². The lowest BCUT2D eigenvalue weighted by atomic mass is 10.2. The Bertz CT molecular complexity index is 528. The molecule has 0 spiro atoms. The molecule has 19 heavy (non-hydrogen) atoms. The minimum atomic E-state index is 0.241. The van der Waals surface area contributed by atoms with Gasteiger partial charge in [-0.2, -0.15) is 0 Å². The monoisotopic (exact) mass is 276 g/mol. The molecule has 1 atom stereocenters. The van der Waals surface area contributed by atoms with Crippen LogP contribution in [0.2, 0.25) is 5.02 Å². The topological polar surface area (TPSA) is 34.1 Å². The lowest BCUT2D eigenvalue weighted by Crippen LogP contribution is -2.18. The largest absolute Gasteiger partial charge is 0.456 e. The third-order valence-electron chi connectivity index (χ3n) is 2.74. The Hall–Kier alpha value is -1.58. The van der Waals surface area contributed by atoms with Crippen molar-refractivity contribution in [1.29, 1.82) is 0 Å². The van der Waals surface area contributed by atoms with Gasteiger partial charge in [0.1, 0.15) is 11.5 Å². The first-order valence-corrected chi connectivity index (χ1v) is 6.69. The van der Waals surface area contributed by atoms with Crippen molar-refractivity contribution in [1.82, 2.24) is 10.3 Å². The molecule has 0 saturated carbocycles. The number of ether oxygens (including phenoxy) is 1. The molecule has 0 aliphatic heterocycles. The van der Waals surface area contributed by atoms with E-state index in [0.717, 1.165) is 12.2 Å².